The van der Waals surface area contributed by atoms with Crippen molar-refractivity contribution in [1.82, 2.24) is 15.0 Å². The molecule has 0 aliphatic heterocycles. The molecular weight excluding hydrogens is 344 g/mol. The Morgan fingerprint density at radius 1 is 1.11 bits per heavy atom. The highest BCUT2D eigenvalue weighted by Crippen LogP contribution is 2.12. The molecule has 7 heteroatoms. The van der Waals surface area contributed by atoms with Crippen LogP contribution in [0.4, 0.5) is 5.82 Å². The Bertz CT molecular complexity index is 937. The van der Waals surface area contributed by atoms with Crippen LogP contribution >= 0.6 is 0 Å². The third-order valence-corrected chi connectivity index (χ3v) is 4.07. The van der Waals surface area contributed by atoms with Gasteiger partial charge in [0.15, 0.2) is 5.82 Å². The second kappa shape index (κ2) is 8.27. The Kier molecular flexibility index (Phi) is 5.61. The number of hydrogen-bond acceptors (Lipinski definition) is 5. The van der Waals surface area contributed by atoms with Gasteiger partial charge in [-0.3, -0.25) is 14.6 Å². The van der Waals surface area contributed by atoms with Crippen LogP contribution in [0.1, 0.15) is 32.0 Å². The number of pyridine rings is 1. The predicted molar refractivity (Wildman–Crippen MR) is 101 cm³/mol. The summed E-state index contributed by atoms with van der Waals surface area (Å²) in [5, 5.41) is 6.38. The van der Waals surface area contributed by atoms with Crippen molar-refractivity contribution < 1.29 is 14.1 Å². The normalized spacial score (nSPS) is 10.4. The molecular formula is C20H20N4O3. The molecule has 0 saturated heterocycles. The molecule has 0 saturated carbocycles. The van der Waals surface area contributed by atoms with E-state index in [2.05, 4.69) is 15.5 Å². The number of nitrogens with one attached hydrogen (secondary N) is 1. The molecule has 0 bridgehead atoms. The Hall–Kier alpha value is -3.48. The van der Waals surface area contributed by atoms with Gasteiger partial charge in [0.1, 0.15) is 5.76 Å². The van der Waals surface area contributed by atoms with E-state index in [9.17, 15) is 9.59 Å². The highest BCUT2D eigenvalue weighted by atomic mass is 16.5. The predicted octanol–water partition coefficient (Wildman–Crippen LogP) is 2.95. The Morgan fingerprint density at radius 3 is 2.56 bits per heavy atom. The van der Waals surface area contributed by atoms with Crippen molar-refractivity contribution in [3.05, 3.63) is 77.3 Å². The monoisotopic (exact) mass is 364 g/mol. The highest BCUT2D eigenvalue weighted by molar-refractivity contribution is 6.05. The molecule has 27 heavy (non-hydrogen) atoms. The zero-order chi connectivity index (χ0) is 19.2. The van der Waals surface area contributed by atoms with E-state index in [0.29, 0.717) is 29.2 Å². The maximum Gasteiger partial charge on any atom is 0.256 e. The van der Waals surface area contributed by atoms with Crippen LogP contribution in [0, 0.1) is 6.92 Å². The number of nitrogens with zero attached hydrogens (tertiary/aromatic N) is 3. The van der Waals surface area contributed by atoms with Gasteiger partial charge >= 0.3 is 0 Å². The van der Waals surface area contributed by atoms with Crippen LogP contribution in [0.5, 0.6) is 0 Å². The van der Waals surface area contributed by atoms with Gasteiger partial charge in [0.05, 0.1) is 0 Å². The second-order valence-corrected chi connectivity index (χ2v) is 6.19. The van der Waals surface area contributed by atoms with Gasteiger partial charge in [0.25, 0.3) is 11.8 Å². The summed E-state index contributed by atoms with van der Waals surface area (Å²) in [6.07, 6.45) is 4.20. The van der Waals surface area contributed by atoms with E-state index in [1.165, 1.54) is 0 Å². The molecule has 0 aliphatic rings. The largest absolute Gasteiger partial charge is 0.360 e. The molecule has 2 aromatic heterocycles. The lowest BCUT2D eigenvalue weighted by Crippen LogP contribution is -2.29. The molecule has 0 fully saturated rings. The highest BCUT2D eigenvalue weighted by Gasteiger charge is 2.15. The number of hydrogen-bond donors (Lipinski definition) is 1. The molecule has 0 spiro atoms. The molecule has 0 unspecified atom stereocenters. The second-order valence-electron chi connectivity index (χ2n) is 6.19. The first kappa shape index (κ1) is 18.3. The van der Waals surface area contributed by atoms with Crippen LogP contribution in [-0.2, 0) is 6.42 Å². The standard InChI is InChI=1S/C20H20N4O3/c1-14-12-18(23-27-14)22-19(25)16-4-3-5-17(13-16)20(26)24(2)11-8-15-6-9-21-10-7-15/h3-7,9-10,12-13H,8,11H2,1-2H3,(H,22,23,25). The van der Waals surface area contributed by atoms with Gasteiger partial charge in [0.2, 0.25) is 0 Å². The van der Waals surface area contributed by atoms with Crippen molar-refractivity contribution in [2.75, 3.05) is 18.9 Å². The number of amides is 2. The average Bonchev–Trinajstić information content (AvgIpc) is 3.11. The van der Waals surface area contributed by atoms with Crippen LogP contribution in [-0.4, -0.2) is 40.4 Å². The summed E-state index contributed by atoms with van der Waals surface area (Å²) in [6.45, 7) is 2.31. The van der Waals surface area contributed by atoms with Crippen LogP contribution < -0.4 is 5.32 Å². The number of benzene rings is 1. The number of carbonyl (C=O) groups excluding carboxylic acids is 2. The summed E-state index contributed by atoms with van der Waals surface area (Å²) in [4.78, 5) is 30.6. The summed E-state index contributed by atoms with van der Waals surface area (Å²) < 4.78 is 4.93. The van der Waals surface area contributed by atoms with Crippen molar-refractivity contribution in [3.8, 4) is 0 Å². The minimum absolute atomic E-state index is 0.143. The van der Waals surface area contributed by atoms with Gasteiger partial charge in [-0.15, -0.1) is 0 Å². The molecule has 3 aromatic rings. The van der Waals surface area contributed by atoms with E-state index in [4.69, 9.17) is 4.52 Å². The number of anilines is 1. The summed E-state index contributed by atoms with van der Waals surface area (Å²) in [7, 11) is 1.74. The summed E-state index contributed by atoms with van der Waals surface area (Å²) in [5.41, 5.74) is 1.95. The van der Waals surface area contributed by atoms with Gasteiger partial charge in [0, 0.05) is 43.2 Å². The third-order valence-electron chi connectivity index (χ3n) is 4.07. The van der Waals surface area contributed by atoms with E-state index in [1.54, 1.807) is 61.6 Å². The van der Waals surface area contributed by atoms with Crippen molar-refractivity contribution in [3.63, 3.8) is 0 Å². The lowest BCUT2D eigenvalue weighted by molar-refractivity contribution is 0.0796. The Morgan fingerprint density at radius 2 is 1.85 bits per heavy atom. The fourth-order valence-corrected chi connectivity index (χ4v) is 2.58. The minimum atomic E-state index is -0.350. The maximum atomic E-state index is 12.7. The molecule has 1 N–H and O–H groups in total. The molecule has 7 nitrogen and oxygen atoms in total. The Labute approximate surface area is 157 Å². The van der Waals surface area contributed by atoms with Gasteiger partial charge < -0.3 is 14.7 Å². The van der Waals surface area contributed by atoms with E-state index in [0.717, 1.165) is 12.0 Å². The topological polar surface area (TPSA) is 88.3 Å². The first-order valence-electron chi connectivity index (χ1n) is 8.52. The van der Waals surface area contributed by atoms with Gasteiger partial charge in [-0.25, -0.2) is 0 Å². The number of aryl methyl sites for hydroxylation is 1. The lowest BCUT2D eigenvalue weighted by atomic mass is 10.1. The summed E-state index contributed by atoms with van der Waals surface area (Å²) >= 11 is 0. The number of aromatic nitrogens is 2. The maximum absolute atomic E-state index is 12.7. The fourth-order valence-electron chi connectivity index (χ4n) is 2.58. The van der Waals surface area contributed by atoms with E-state index in [1.807, 2.05) is 12.1 Å². The first-order chi connectivity index (χ1) is 13.0. The fraction of sp³-hybridized carbons (Fsp3) is 0.200. The Balaban J connectivity index is 1.64. The molecule has 1 aromatic carbocycles. The zero-order valence-electron chi connectivity index (χ0n) is 15.2. The van der Waals surface area contributed by atoms with Crippen molar-refractivity contribution in [2.45, 2.75) is 13.3 Å². The SMILES string of the molecule is Cc1cc(NC(=O)c2cccc(C(=O)N(C)CCc3ccncc3)c2)no1. The zero-order valence-corrected chi connectivity index (χ0v) is 15.2. The van der Waals surface area contributed by atoms with E-state index >= 15 is 0 Å². The molecule has 2 amide bonds. The van der Waals surface area contributed by atoms with Crippen molar-refractivity contribution >= 4 is 17.6 Å². The van der Waals surface area contributed by atoms with Crippen LogP contribution in [0.15, 0.2) is 59.4 Å². The van der Waals surface area contributed by atoms with Gasteiger partial charge in [-0.05, 0) is 49.2 Å². The lowest BCUT2D eigenvalue weighted by Gasteiger charge is -2.17. The number of likely N-dealkylation sites (N-methyl/N-ethyl adjacent to an activating group) is 1. The van der Waals surface area contributed by atoms with E-state index in [-0.39, 0.29) is 11.8 Å². The quantitative estimate of drug-likeness (QED) is 0.726. The summed E-state index contributed by atoms with van der Waals surface area (Å²) in [5.74, 6) is 0.446. The minimum Gasteiger partial charge on any atom is -0.360 e. The molecule has 0 atom stereocenters. The van der Waals surface area contributed by atoms with E-state index < -0.39 is 0 Å². The molecule has 0 radical (unpaired) electrons. The van der Waals surface area contributed by atoms with Crippen LogP contribution in [0.3, 0.4) is 0 Å². The molecule has 3 rings (SSSR count). The summed E-state index contributed by atoms with van der Waals surface area (Å²) in [6, 6.07) is 12.1. The van der Waals surface area contributed by atoms with Crippen molar-refractivity contribution in [1.29, 1.82) is 0 Å². The van der Waals surface area contributed by atoms with Crippen LogP contribution in [0.2, 0.25) is 0 Å². The van der Waals surface area contributed by atoms with Gasteiger partial charge in [-0.2, -0.15) is 0 Å². The first-order valence-corrected chi connectivity index (χ1v) is 8.52. The average molecular weight is 364 g/mol. The third kappa shape index (κ3) is 4.78. The number of carbonyl (C=O) groups is 2. The van der Waals surface area contributed by atoms with Gasteiger partial charge in [-0.1, -0.05) is 11.2 Å². The van der Waals surface area contributed by atoms with Crippen LogP contribution in [0.25, 0.3) is 0 Å². The smallest absolute Gasteiger partial charge is 0.256 e. The molecule has 2 heterocycles. The molecule has 0 aliphatic carbocycles. The van der Waals surface area contributed by atoms with Crippen molar-refractivity contribution in [2.24, 2.45) is 0 Å². The molecule has 138 valence electrons. The number of rotatable bonds is 6.